The van der Waals surface area contributed by atoms with E-state index in [1.54, 1.807) is 0 Å². The largest absolute Gasteiger partial charge is 0.380 e. The van der Waals surface area contributed by atoms with Crippen molar-refractivity contribution >= 4 is 5.91 Å². The van der Waals surface area contributed by atoms with Crippen LogP contribution in [0, 0.1) is 0 Å². The molecular formula is C9H20N2O2. The molecule has 4 heteroatoms. The van der Waals surface area contributed by atoms with Gasteiger partial charge in [0.25, 0.3) is 0 Å². The number of amides is 1. The second-order valence-electron chi connectivity index (χ2n) is 2.91. The van der Waals surface area contributed by atoms with Crippen LogP contribution >= 0.6 is 0 Å². The fourth-order valence-electron chi connectivity index (χ4n) is 0.955. The molecule has 0 aliphatic heterocycles. The third kappa shape index (κ3) is 7.74. The van der Waals surface area contributed by atoms with E-state index in [-0.39, 0.29) is 11.9 Å². The Morgan fingerprint density at radius 3 is 2.77 bits per heavy atom. The molecule has 4 nitrogen and oxygen atoms in total. The minimum atomic E-state index is -0.0254. The van der Waals surface area contributed by atoms with Crippen molar-refractivity contribution in [3.8, 4) is 0 Å². The fourth-order valence-corrected chi connectivity index (χ4v) is 0.955. The van der Waals surface area contributed by atoms with Crippen LogP contribution in [0.25, 0.3) is 0 Å². The van der Waals surface area contributed by atoms with Gasteiger partial charge in [0.05, 0.1) is 6.61 Å². The first kappa shape index (κ1) is 12.4. The van der Waals surface area contributed by atoms with E-state index in [4.69, 9.17) is 10.5 Å². The average molecular weight is 188 g/mol. The van der Waals surface area contributed by atoms with Gasteiger partial charge < -0.3 is 15.8 Å². The monoisotopic (exact) mass is 188 g/mol. The van der Waals surface area contributed by atoms with Gasteiger partial charge in [0.1, 0.15) is 0 Å². The first-order valence-corrected chi connectivity index (χ1v) is 4.80. The van der Waals surface area contributed by atoms with Crippen LogP contribution in [0.4, 0.5) is 0 Å². The van der Waals surface area contributed by atoms with Gasteiger partial charge in [-0.2, -0.15) is 0 Å². The third-order valence-electron chi connectivity index (χ3n) is 1.65. The molecule has 0 fully saturated rings. The average Bonchev–Trinajstić information content (AvgIpc) is 2.12. The van der Waals surface area contributed by atoms with Crippen molar-refractivity contribution in [1.82, 2.24) is 5.32 Å². The summed E-state index contributed by atoms with van der Waals surface area (Å²) >= 11 is 0. The topological polar surface area (TPSA) is 64.4 Å². The molecule has 13 heavy (non-hydrogen) atoms. The Morgan fingerprint density at radius 2 is 2.23 bits per heavy atom. The molecule has 0 spiro atoms. The molecular weight excluding hydrogens is 168 g/mol. The van der Waals surface area contributed by atoms with Crippen molar-refractivity contribution < 1.29 is 9.53 Å². The van der Waals surface area contributed by atoms with Crippen molar-refractivity contribution in [2.45, 2.75) is 32.7 Å². The van der Waals surface area contributed by atoms with E-state index >= 15 is 0 Å². The first-order chi connectivity index (χ1) is 6.20. The zero-order valence-electron chi connectivity index (χ0n) is 8.51. The Balaban J connectivity index is 3.34. The van der Waals surface area contributed by atoms with E-state index in [9.17, 15) is 4.79 Å². The predicted molar refractivity (Wildman–Crippen MR) is 52.4 cm³/mol. The summed E-state index contributed by atoms with van der Waals surface area (Å²) in [5.74, 6) is 0.0643. The van der Waals surface area contributed by atoms with Gasteiger partial charge in [0, 0.05) is 25.6 Å². The highest BCUT2D eigenvalue weighted by atomic mass is 16.5. The molecule has 0 saturated heterocycles. The summed E-state index contributed by atoms with van der Waals surface area (Å²) in [5.41, 5.74) is 5.70. The van der Waals surface area contributed by atoms with Gasteiger partial charge in [-0.15, -0.1) is 0 Å². The van der Waals surface area contributed by atoms with Crippen molar-refractivity contribution in [2.24, 2.45) is 5.73 Å². The minimum absolute atomic E-state index is 0.0254. The van der Waals surface area contributed by atoms with Gasteiger partial charge in [-0.1, -0.05) is 0 Å². The highest BCUT2D eigenvalue weighted by Crippen LogP contribution is 1.95. The smallest absolute Gasteiger partial charge is 0.220 e. The normalized spacial score (nSPS) is 12.5. The molecule has 0 aromatic carbocycles. The van der Waals surface area contributed by atoms with Gasteiger partial charge in [-0.05, 0) is 20.3 Å². The van der Waals surface area contributed by atoms with Gasteiger partial charge in [0.15, 0.2) is 0 Å². The van der Waals surface area contributed by atoms with Gasteiger partial charge >= 0.3 is 0 Å². The van der Waals surface area contributed by atoms with Crippen molar-refractivity contribution in [3.05, 3.63) is 0 Å². The maximum atomic E-state index is 11.0. The van der Waals surface area contributed by atoms with Crippen LogP contribution in [0.15, 0.2) is 0 Å². The van der Waals surface area contributed by atoms with Crippen LogP contribution in [0.3, 0.4) is 0 Å². The molecule has 1 amide bonds. The van der Waals surface area contributed by atoms with Gasteiger partial charge in [-0.3, -0.25) is 4.79 Å². The van der Waals surface area contributed by atoms with Crippen LogP contribution in [0.1, 0.15) is 26.7 Å². The second-order valence-corrected chi connectivity index (χ2v) is 2.91. The molecule has 0 rings (SSSR count). The van der Waals surface area contributed by atoms with E-state index in [0.717, 1.165) is 0 Å². The van der Waals surface area contributed by atoms with Gasteiger partial charge in [0.2, 0.25) is 5.91 Å². The molecule has 78 valence electrons. The van der Waals surface area contributed by atoms with Crippen molar-refractivity contribution in [1.29, 1.82) is 0 Å². The second kappa shape index (κ2) is 8.01. The summed E-state index contributed by atoms with van der Waals surface area (Å²) in [7, 11) is 0. The van der Waals surface area contributed by atoms with E-state index in [1.807, 2.05) is 13.8 Å². The number of nitrogens with two attached hydrogens (primary N) is 1. The highest BCUT2D eigenvalue weighted by Gasteiger charge is 2.05. The Bertz CT molecular complexity index is 140. The number of carbonyl (C=O) groups excluding carboxylic acids is 1. The lowest BCUT2D eigenvalue weighted by molar-refractivity contribution is -0.121. The lowest BCUT2D eigenvalue weighted by Gasteiger charge is -2.10. The van der Waals surface area contributed by atoms with E-state index < -0.39 is 0 Å². The maximum Gasteiger partial charge on any atom is 0.220 e. The molecule has 0 saturated carbocycles. The van der Waals surface area contributed by atoms with Crippen LogP contribution in [-0.2, 0) is 9.53 Å². The van der Waals surface area contributed by atoms with Gasteiger partial charge in [-0.25, -0.2) is 0 Å². The number of hydrogen-bond donors (Lipinski definition) is 2. The number of ether oxygens (including phenoxy) is 1. The highest BCUT2D eigenvalue weighted by molar-refractivity contribution is 5.75. The summed E-state index contributed by atoms with van der Waals surface area (Å²) in [6, 6.07) is -0.0254. The Morgan fingerprint density at radius 1 is 1.54 bits per heavy atom. The molecule has 1 atom stereocenters. The molecule has 0 heterocycles. The molecule has 0 unspecified atom stereocenters. The van der Waals surface area contributed by atoms with Crippen LogP contribution in [0.2, 0.25) is 0 Å². The van der Waals surface area contributed by atoms with Crippen LogP contribution in [0.5, 0.6) is 0 Å². The van der Waals surface area contributed by atoms with E-state index in [2.05, 4.69) is 5.32 Å². The standard InChI is InChI=1S/C9H20N2O2/c1-3-11-9(12)6-5-8(10)7-13-4-2/h8H,3-7,10H2,1-2H3,(H,11,12)/t8-/m1/s1. The lowest BCUT2D eigenvalue weighted by atomic mass is 10.2. The molecule has 3 N–H and O–H groups in total. The van der Waals surface area contributed by atoms with Crippen molar-refractivity contribution in [3.63, 3.8) is 0 Å². The molecule has 0 radical (unpaired) electrons. The summed E-state index contributed by atoms with van der Waals surface area (Å²) in [6.45, 7) is 5.72. The number of hydrogen-bond acceptors (Lipinski definition) is 3. The fraction of sp³-hybridized carbons (Fsp3) is 0.889. The van der Waals surface area contributed by atoms with Crippen molar-refractivity contribution in [2.75, 3.05) is 19.8 Å². The molecule has 0 aromatic rings. The SMILES string of the molecule is CCNC(=O)CC[C@@H](N)COCC. The Labute approximate surface area is 79.8 Å². The molecule has 0 bridgehead atoms. The zero-order chi connectivity index (χ0) is 10.1. The number of carbonyl (C=O) groups is 1. The molecule has 0 aromatic heterocycles. The predicted octanol–water partition coefficient (Wildman–Crippen LogP) is 0.267. The Kier molecular flexibility index (Phi) is 7.63. The number of nitrogens with one attached hydrogen (secondary N) is 1. The Hall–Kier alpha value is -0.610. The van der Waals surface area contributed by atoms with E-state index in [1.165, 1.54) is 0 Å². The summed E-state index contributed by atoms with van der Waals surface area (Å²) in [4.78, 5) is 11.0. The third-order valence-corrected chi connectivity index (χ3v) is 1.65. The van der Waals surface area contributed by atoms with E-state index in [0.29, 0.717) is 32.6 Å². The maximum absolute atomic E-state index is 11.0. The summed E-state index contributed by atoms with van der Waals surface area (Å²) in [5, 5.41) is 2.72. The molecule has 0 aliphatic carbocycles. The zero-order valence-corrected chi connectivity index (χ0v) is 8.51. The van der Waals surface area contributed by atoms with Crippen LogP contribution < -0.4 is 11.1 Å². The number of rotatable bonds is 7. The summed E-state index contributed by atoms with van der Waals surface area (Å²) < 4.78 is 5.13. The first-order valence-electron chi connectivity index (χ1n) is 4.80. The van der Waals surface area contributed by atoms with Crippen LogP contribution in [-0.4, -0.2) is 31.7 Å². The lowest BCUT2D eigenvalue weighted by Crippen LogP contribution is -2.30. The summed E-state index contributed by atoms with van der Waals surface area (Å²) in [6.07, 6.45) is 1.17. The quantitative estimate of drug-likeness (QED) is 0.602. The molecule has 0 aliphatic rings. The minimum Gasteiger partial charge on any atom is -0.380 e.